The number of hydrogen-bond donors (Lipinski definition) is 0. The van der Waals surface area contributed by atoms with Gasteiger partial charge in [0.2, 0.25) is 0 Å². The summed E-state index contributed by atoms with van der Waals surface area (Å²) in [6.45, 7) is 2.25. The van der Waals surface area contributed by atoms with Crippen LogP contribution in [0.15, 0.2) is 115 Å². The Bertz CT molecular complexity index is 929. The molecule has 0 amide bonds. The third-order valence-corrected chi connectivity index (χ3v) is 7.11. The fraction of sp³-hybridized carbons (Fsp3) is 0.143. The third kappa shape index (κ3) is 8.23. The van der Waals surface area contributed by atoms with Gasteiger partial charge in [0.05, 0.1) is 0 Å². The van der Waals surface area contributed by atoms with E-state index in [2.05, 4.69) is 122 Å². The monoisotopic (exact) mass is 428 g/mol. The molecule has 0 N–H and O–H groups in total. The zero-order valence-electron chi connectivity index (χ0n) is 17.6. The highest BCUT2D eigenvalue weighted by atomic mass is 31.1. The summed E-state index contributed by atoms with van der Waals surface area (Å²) in [6, 6.07) is 40.9. The van der Waals surface area contributed by atoms with Crippen molar-refractivity contribution < 1.29 is 0 Å². The first-order chi connectivity index (χ1) is 14.8. The summed E-state index contributed by atoms with van der Waals surface area (Å²) in [6.07, 6.45) is 3.77. The molecule has 0 heterocycles. The molecule has 0 saturated heterocycles. The van der Waals surface area contributed by atoms with Crippen LogP contribution in [0.2, 0.25) is 0 Å². The highest BCUT2D eigenvalue weighted by Crippen LogP contribution is 2.13. The highest BCUT2D eigenvalue weighted by molar-refractivity contribution is 7.55. The quantitative estimate of drug-likeness (QED) is 0.318. The zero-order chi connectivity index (χ0) is 20.9. The van der Waals surface area contributed by atoms with Gasteiger partial charge in [0.15, 0.2) is 0 Å². The molecular formula is C28H30P2. The molecule has 0 radical (unpaired) electrons. The first-order valence-corrected chi connectivity index (χ1v) is 12.6. The number of hydrogen-bond acceptors (Lipinski definition) is 0. The van der Waals surface area contributed by atoms with Gasteiger partial charge in [-0.15, -0.1) is 0 Å². The van der Waals surface area contributed by atoms with Crippen LogP contribution in [-0.4, -0.2) is 0 Å². The van der Waals surface area contributed by atoms with E-state index in [9.17, 15) is 0 Å². The van der Waals surface area contributed by atoms with E-state index in [-0.39, 0.29) is 0 Å². The molecule has 152 valence electrons. The largest absolute Gasteiger partial charge is 0.0654 e. The van der Waals surface area contributed by atoms with E-state index in [4.69, 9.17) is 0 Å². The summed E-state index contributed by atoms with van der Waals surface area (Å²) in [4.78, 5) is 0. The van der Waals surface area contributed by atoms with E-state index < -0.39 is 0 Å². The minimum Gasteiger partial charge on any atom is -0.0654 e. The molecule has 30 heavy (non-hydrogen) atoms. The normalized spacial score (nSPS) is 10.6. The Labute approximate surface area is 185 Å². The smallest absolute Gasteiger partial charge is 0.0223 e. The van der Waals surface area contributed by atoms with Crippen LogP contribution in [0.4, 0.5) is 0 Å². The highest BCUT2D eigenvalue weighted by Gasteiger charge is 1.98. The predicted molar refractivity (Wildman–Crippen MR) is 140 cm³/mol. The average Bonchev–Trinajstić information content (AvgIpc) is 2.80. The van der Waals surface area contributed by atoms with E-state index in [1.807, 2.05) is 0 Å². The van der Waals surface area contributed by atoms with Crippen molar-refractivity contribution in [3.8, 4) is 0 Å². The first kappa shape index (κ1) is 22.4. The van der Waals surface area contributed by atoms with Crippen LogP contribution in [0.5, 0.6) is 0 Å². The van der Waals surface area contributed by atoms with Crippen LogP contribution < -0.4 is 21.2 Å². The summed E-state index contributed by atoms with van der Waals surface area (Å²) in [5.74, 6) is 0. The van der Waals surface area contributed by atoms with Gasteiger partial charge in [-0.2, -0.15) is 0 Å². The van der Waals surface area contributed by atoms with Crippen LogP contribution in [0, 0.1) is 0 Å². The lowest BCUT2D eigenvalue weighted by atomic mass is 10.1. The molecule has 1 unspecified atom stereocenters. The molecule has 4 aromatic carbocycles. The molecule has 0 aliphatic heterocycles. The Balaban J connectivity index is 0.000000177. The first-order valence-electron chi connectivity index (χ1n) is 10.6. The minimum atomic E-state index is 0.777. The second-order valence-corrected chi connectivity index (χ2v) is 9.96. The van der Waals surface area contributed by atoms with Crippen LogP contribution in [-0.2, 0) is 6.42 Å². The Morgan fingerprint density at radius 3 is 1.40 bits per heavy atom. The third-order valence-electron chi connectivity index (χ3n) is 4.64. The van der Waals surface area contributed by atoms with Crippen molar-refractivity contribution in [3.63, 3.8) is 0 Å². The molecule has 0 aliphatic rings. The Hall–Kier alpha value is -2.26. The summed E-state index contributed by atoms with van der Waals surface area (Å²) < 4.78 is 0. The lowest BCUT2D eigenvalue weighted by Crippen LogP contribution is -2.03. The van der Waals surface area contributed by atoms with Gasteiger partial charge in [-0.05, 0) is 39.6 Å². The predicted octanol–water partition coefficient (Wildman–Crippen LogP) is 5.97. The molecule has 0 nitrogen and oxygen atoms in total. The van der Waals surface area contributed by atoms with Crippen molar-refractivity contribution in [3.05, 3.63) is 121 Å². The molecule has 4 rings (SSSR count). The van der Waals surface area contributed by atoms with Crippen LogP contribution in [0.25, 0.3) is 0 Å². The fourth-order valence-corrected chi connectivity index (χ4v) is 5.26. The van der Waals surface area contributed by atoms with Crippen molar-refractivity contribution in [1.29, 1.82) is 0 Å². The van der Waals surface area contributed by atoms with Crippen LogP contribution >= 0.6 is 17.2 Å². The molecule has 0 aliphatic carbocycles. The maximum atomic E-state index is 2.36. The molecule has 0 spiro atoms. The summed E-state index contributed by atoms with van der Waals surface area (Å²) in [5, 5.41) is 5.66. The zero-order valence-corrected chi connectivity index (χ0v) is 19.6. The van der Waals surface area contributed by atoms with E-state index >= 15 is 0 Å². The van der Waals surface area contributed by atoms with Crippen molar-refractivity contribution >= 4 is 38.4 Å². The van der Waals surface area contributed by atoms with Gasteiger partial charge in [-0.1, -0.05) is 146 Å². The van der Waals surface area contributed by atoms with Crippen molar-refractivity contribution in [1.82, 2.24) is 0 Å². The number of rotatable bonds is 7. The molecular weight excluding hydrogens is 398 g/mol. The summed E-state index contributed by atoms with van der Waals surface area (Å²) in [5.41, 5.74) is 1.48. The minimum absolute atomic E-state index is 0.777. The van der Waals surface area contributed by atoms with Gasteiger partial charge in [-0.3, -0.25) is 0 Å². The van der Waals surface area contributed by atoms with Gasteiger partial charge < -0.3 is 0 Å². The molecule has 2 heteroatoms. The number of unbranched alkanes of at least 4 members (excludes halogenated alkanes) is 1. The van der Waals surface area contributed by atoms with Gasteiger partial charge in [0.1, 0.15) is 0 Å². The maximum absolute atomic E-state index is 2.36. The topological polar surface area (TPSA) is 0 Å². The average molecular weight is 428 g/mol. The second-order valence-electron chi connectivity index (χ2n) is 7.15. The fourth-order valence-electron chi connectivity index (χ4n) is 3.08. The lowest BCUT2D eigenvalue weighted by molar-refractivity contribution is 0.795. The van der Waals surface area contributed by atoms with Gasteiger partial charge in [0, 0.05) is 0 Å². The van der Waals surface area contributed by atoms with E-state index in [1.54, 1.807) is 0 Å². The van der Waals surface area contributed by atoms with Crippen molar-refractivity contribution in [2.75, 3.05) is 0 Å². The molecule has 1 atom stereocenters. The van der Waals surface area contributed by atoms with Crippen molar-refractivity contribution in [2.24, 2.45) is 0 Å². The molecule has 0 bridgehead atoms. The maximum Gasteiger partial charge on any atom is -0.0223 e. The Morgan fingerprint density at radius 2 is 0.933 bits per heavy atom. The van der Waals surface area contributed by atoms with Gasteiger partial charge in [-0.25, -0.2) is 0 Å². The lowest BCUT2D eigenvalue weighted by Gasteiger charge is -2.05. The number of aryl methyl sites for hydroxylation is 1. The second kappa shape index (κ2) is 13.1. The Kier molecular flexibility index (Phi) is 9.81. The van der Waals surface area contributed by atoms with Crippen LogP contribution in [0.3, 0.4) is 0 Å². The van der Waals surface area contributed by atoms with E-state index in [1.165, 1.54) is 46.0 Å². The Morgan fingerprint density at radius 1 is 0.500 bits per heavy atom. The SMILES string of the molecule is CCCCc1cccc(Pc2ccccc2)c1.c1ccc(Pc2ccccc2)cc1. The molecule has 0 aromatic heterocycles. The van der Waals surface area contributed by atoms with Gasteiger partial charge >= 0.3 is 0 Å². The van der Waals surface area contributed by atoms with E-state index in [0.29, 0.717) is 0 Å². The molecule has 4 aromatic rings. The standard InChI is InChI=1S/C16H19P.C12H11P/c1-2-3-8-14-9-7-12-16(13-14)17-15-10-5-4-6-11-15;1-3-7-11(8-4-1)13-12-9-5-2-6-10-12/h4-7,9-13,17H,2-3,8H2,1H3;1-10,13H. The molecule has 0 fully saturated rings. The van der Waals surface area contributed by atoms with E-state index in [0.717, 1.165) is 17.2 Å². The number of benzene rings is 4. The summed E-state index contributed by atoms with van der Waals surface area (Å²) in [7, 11) is 1.55. The molecule has 0 saturated carbocycles. The summed E-state index contributed by atoms with van der Waals surface area (Å²) >= 11 is 0. The van der Waals surface area contributed by atoms with Crippen LogP contribution in [0.1, 0.15) is 25.3 Å². The van der Waals surface area contributed by atoms with Gasteiger partial charge in [0.25, 0.3) is 0 Å². The van der Waals surface area contributed by atoms with Crippen molar-refractivity contribution in [2.45, 2.75) is 26.2 Å².